The van der Waals surface area contributed by atoms with Crippen molar-refractivity contribution in [1.29, 1.82) is 0 Å². The molecular weight excluding hydrogens is 246 g/mol. The number of hydrogen-bond acceptors (Lipinski definition) is 2. The van der Waals surface area contributed by atoms with Crippen LogP contribution in [-0.4, -0.2) is 7.11 Å². The first kappa shape index (κ1) is 14.6. The highest BCUT2D eigenvalue weighted by Crippen LogP contribution is 2.28. The van der Waals surface area contributed by atoms with E-state index in [1.165, 1.54) is 16.7 Å². The SMILES string of the molecule is COc1cc(C)ccc1C(C)NC(C)c1ccccc1. The summed E-state index contributed by atoms with van der Waals surface area (Å²) in [5.41, 5.74) is 3.71. The fourth-order valence-corrected chi connectivity index (χ4v) is 2.48. The average Bonchev–Trinajstić information content (AvgIpc) is 2.47. The maximum Gasteiger partial charge on any atom is 0.123 e. The summed E-state index contributed by atoms with van der Waals surface area (Å²) in [6, 6.07) is 17.4. The van der Waals surface area contributed by atoms with Crippen LogP contribution in [-0.2, 0) is 0 Å². The molecule has 0 aliphatic rings. The molecule has 2 aromatic carbocycles. The van der Waals surface area contributed by atoms with Crippen LogP contribution in [0.2, 0.25) is 0 Å². The molecule has 2 aromatic rings. The van der Waals surface area contributed by atoms with Gasteiger partial charge in [-0.3, -0.25) is 0 Å². The molecule has 0 fully saturated rings. The zero-order chi connectivity index (χ0) is 14.5. The smallest absolute Gasteiger partial charge is 0.123 e. The number of nitrogens with one attached hydrogen (secondary N) is 1. The Morgan fingerprint density at radius 1 is 0.950 bits per heavy atom. The van der Waals surface area contributed by atoms with Crippen LogP contribution in [0.5, 0.6) is 5.75 Å². The van der Waals surface area contributed by atoms with Gasteiger partial charge in [0.1, 0.15) is 5.75 Å². The van der Waals surface area contributed by atoms with Crippen LogP contribution in [0.15, 0.2) is 48.5 Å². The molecule has 0 amide bonds. The number of aryl methyl sites for hydroxylation is 1. The summed E-state index contributed by atoms with van der Waals surface area (Å²) in [7, 11) is 1.73. The van der Waals surface area contributed by atoms with Gasteiger partial charge in [-0.25, -0.2) is 0 Å². The Labute approximate surface area is 121 Å². The normalized spacial score (nSPS) is 13.8. The van der Waals surface area contributed by atoms with E-state index in [0.717, 1.165) is 5.75 Å². The molecule has 0 saturated carbocycles. The number of methoxy groups -OCH3 is 1. The molecule has 2 atom stereocenters. The molecule has 0 aliphatic carbocycles. The monoisotopic (exact) mass is 269 g/mol. The molecule has 0 saturated heterocycles. The van der Waals surface area contributed by atoms with Crippen molar-refractivity contribution < 1.29 is 4.74 Å². The minimum Gasteiger partial charge on any atom is -0.496 e. The molecule has 2 nitrogen and oxygen atoms in total. The first-order valence-corrected chi connectivity index (χ1v) is 7.07. The van der Waals surface area contributed by atoms with E-state index >= 15 is 0 Å². The first-order valence-electron chi connectivity index (χ1n) is 7.07. The first-order chi connectivity index (χ1) is 9.61. The predicted molar refractivity (Wildman–Crippen MR) is 84.1 cm³/mol. The molecule has 2 unspecified atom stereocenters. The van der Waals surface area contributed by atoms with Gasteiger partial charge >= 0.3 is 0 Å². The Morgan fingerprint density at radius 2 is 1.65 bits per heavy atom. The van der Waals surface area contributed by atoms with Gasteiger partial charge in [0.15, 0.2) is 0 Å². The molecule has 0 radical (unpaired) electrons. The standard InChI is InChI=1S/C18H23NO/c1-13-10-11-17(18(12-13)20-4)15(3)19-14(2)16-8-6-5-7-9-16/h5-12,14-15,19H,1-4H3. The highest BCUT2D eigenvalue weighted by atomic mass is 16.5. The second-order valence-corrected chi connectivity index (χ2v) is 5.27. The number of rotatable bonds is 5. The highest BCUT2D eigenvalue weighted by Gasteiger charge is 2.14. The second-order valence-electron chi connectivity index (χ2n) is 5.27. The predicted octanol–water partition coefficient (Wildman–Crippen LogP) is 4.42. The summed E-state index contributed by atoms with van der Waals surface area (Å²) in [6.45, 7) is 6.44. The van der Waals surface area contributed by atoms with Gasteiger partial charge in [-0.05, 0) is 38.0 Å². The lowest BCUT2D eigenvalue weighted by atomic mass is 10.0. The average molecular weight is 269 g/mol. The third-order valence-electron chi connectivity index (χ3n) is 3.66. The van der Waals surface area contributed by atoms with Crippen LogP contribution in [0.1, 0.15) is 42.6 Å². The summed E-state index contributed by atoms with van der Waals surface area (Å²) in [4.78, 5) is 0. The van der Waals surface area contributed by atoms with Crippen molar-refractivity contribution in [2.75, 3.05) is 7.11 Å². The van der Waals surface area contributed by atoms with Crippen molar-refractivity contribution in [2.24, 2.45) is 0 Å². The fraction of sp³-hybridized carbons (Fsp3) is 0.333. The largest absolute Gasteiger partial charge is 0.496 e. The fourth-order valence-electron chi connectivity index (χ4n) is 2.48. The van der Waals surface area contributed by atoms with E-state index < -0.39 is 0 Å². The molecule has 1 N–H and O–H groups in total. The summed E-state index contributed by atoms with van der Waals surface area (Å²) < 4.78 is 5.49. The second kappa shape index (κ2) is 6.58. The quantitative estimate of drug-likeness (QED) is 0.867. The van der Waals surface area contributed by atoms with Gasteiger partial charge in [0.05, 0.1) is 7.11 Å². The third kappa shape index (κ3) is 3.40. The van der Waals surface area contributed by atoms with Crippen LogP contribution in [0.4, 0.5) is 0 Å². The molecule has 0 aromatic heterocycles. The summed E-state index contributed by atoms with van der Waals surface area (Å²) in [5.74, 6) is 0.949. The van der Waals surface area contributed by atoms with E-state index in [0.29, 0.717) is 6.04 Å². The maximum atomic E-state index is 5.49. The zero-order valence-corrected chi connectivity index (χ0v) is 12.7. The van der Waals surface area contributed by atoms with Crippen molar-refractivity contribution in [3.8, 4) is 5.75 Å². The van der Waals surface area contributed by atoms with Crippen LogP contribution in [0.3, 0.4) is 0 Å². The molecule has 106 valence electrons. The Kier molecular flexibility index (Phi) is 4.80. The molecule has 20 heavy (non-hydrogen) atoms. The minimum atomic E-state index is 0.237. The van der Waals surface area contributed by atoms with Crippen molar-refractivity contribution in [3.05, 3.63) is 65.2 Å². The Bertz CT molecular complexity index is 551. The van der Waals surface area contributed by atoms with Gasteiger partial charge in [-0.2, -0.15) is 0 Å². The minimum absolute atomic E-state index is 0.237. The molecular formula is C18H23NO. The van der Waals surface area contributed by atoms with Crippen molar-refractivity contribution in [3.63, 3.8) is 0 Å². The number of ether oxygens (including phenoxy) is 1. The molecule has 2 rings (SSSR count). The van der Waals surface area contributed by atoms with E-state index in [-0.39, 0.29) is 6.04 Å². The Balaban J connectivity index is 2.14. The zero-order valence-electron chi connectivity index (χ0n) is 12.7. The molecule has 2 heteroatoms. The van der Waals surface area contributed by atoms with Gasteiger partial charge in [0, 0.05) is 17.6 Å². The van der Waals surface area contributed by atoms with E-state index in [9.17, 15) is 0 Å². The van der Waals surface area contributed by atoms with Gasteiger partial charge in [0.25, 0.3) is 0 Å². The summed E-state index contributed by atoms with van der Waals surface area (Å²) in [6.07, 6.45) is 0. The van der Waals surface area contributed by atoms with Crippen molar-refractivity contribution in [1.82, 2.24) is 5.32 Å². The lowest BCUT2D eigenvalue weighted by Gasteiger charge is -2.22. The van der Waals surface area contributed by atoms with Crippen LogP contribution < -0.4 is 10.1 Å². The molecule has 0 spiro atoms. The van der Waals surface area contributed by atoms with Crippen LogP contribution in [0.25, 0.3) is 0 Å². The summed E-state index contributed by atoms with van der Waals surface area (Å²) >= 11 is 0. The van der Waals surface area contributed by atoms with Crippen molar-refractivity contribution >= 4 is 0 Å². The van der Waals surface area contributed by atoms with Gasteiger partial charge in [-0.1, -0.05) is 42.5 Å². The van der Waals surface area contributed by atoms with Gasteiger partial charge in [-0.15, -0.1) is 0 Å². The van der Waals surface area contributed by atoms with Crippen LogP contribution in [0, 0.1) is 6.92 Å². The van der Waals surface area contributed by atoms with Gasteiger partial charge in [0.2, 0.25) is 0 Å². The lowest BCUT2D eigenvalue weighted by molar-refractivity contribution is 0.396. The van der Waals surface area contributed by atoms with E-state index in [2.05, 4.69) is 68.6 Å². The topological polar surface area (TPSA) is 21.3 Å². The van der Waals surface area contributed by atoms with Crippen molar-refractivity contribution in [2.45, 2.75) is 32.9 Å². The highest BCUT2D eigenvalue weighted by molar-refractivity contribution is 5.39. The number of hydrogen-bond donors (Lipinski definition) is 1. The third-order valence-corrected chi connectivity index (χ3v) is 3.66. The maximum absolute atomic E-state index is 5.49. The molecule has 0 aliphatic heterocycles. The summed E-state index contributed by atoms with van der Waals surface area (Å²) in [5, 5.41) is 3.63. The molecule has 0 heterocycles. The molecule has 0 bridgehead atoms. The van der Waals surface area contributed by atoms with E-state index in [1.807, 2.05) is 6.07 Å². The van der Waals surface area contributed by atoms with E-state index in [4.69, 9.17) is 4.74 Å². The van der Waals surface area contributed by atoms with E-state index in [1.54, 1.807) is 7.11 Å². The number of benzene rings is 2. The Morgan fingerprint density at radius 3 is 2.30 bits per heavy atom. The Hall–Kier alpha value is -1.80. The lowest BCUT2D eigenvalue weighted by Crippen LogP contribution is -2.22. The van der Waals surface area contributed by atoms with Gasteiger partial charge < -0.3 is 10.1 Å². The van der Waals surface area contributed by atoms with Crippen LogP contribution >= 0.6 is 0 Å².